The number of esters is 1. The zero-order valence-electron chi connectivity index (χ0n) is 12.3. The Balaban J connectivity index is 2.41. The number of carbonyl (C=O) groups excluding carboxylic acids is 1. The smallest absolute Gasteiger partial charge is 0.338 e. The minimum absolute atomic E-state index is 0.121. The van der Waals surface area contributed by atoms with Gasteiger partial charge in [0, 0.05) is 19.1 Å². The average Bonchev–Trinajstić information content (AvgIpc) is 2.96. The number of carbonyl (C=O) groups is 1. The van der Waals surface area contributed by atoms with Crippen molar-refractivity contribution in [1.29, 1.82) is 0 Å². The van der Waals surface area contributed by atoms with Gasteiger partial charge in [-0.05, 0) is 38.0 Å². The average molecular weight is 330 g/mol. The molecule has 1 fully saturated rings. The molecule has 0 amide bonds. The number of rotatable bonds is 5. The van der Waals surface area contributed by atoms with E-state index in [1.165, 1.54) is 4.31 Å². The molecule has 1 heterocycles. The fourth-order valence-electron chi connectivity index (χ4n) is 2.54. The van der Waals surface area contributed by atoms with Crippen molar-refractivity contribution in [3.05, 3.63) is 29.6 Å². The molecule has 0 aromatic heterocycles. The highest BCUT2D eigenvalue weighted by Crippen LogP contribution is 2.26. The normalized spacial score (nSPS) is 19.3. The summed E-state index contributed by atoms with van der Waals surface area (Å²) in [4.78, 5) is 11.4. The Labute approximate surface area is 129 Å². The number of sulfonamides is 1. The van der Waals surface area contributed by atoms with E-state index >= 15 is 0 Å². The molecule has 0 radical (unpaired) electrons. The van der Waals surface area contributed by atoms with E-state index in [-0.39, 0.29) is 29.7 Å². The molecule has 22 heavy (non-hydrogen) atoms. The van der Waals surface area contributed by atoms with Crippen LogP contribution in [-0.4, -0.2) is 44.4 Å². The molecule has 1 aromatic carbocycles. The summed E-state index contributed by atoms with van der Waals surface area (Å²) >= 11 is 0. The second-order valence-electron chi connectivity index (χ2n) is 5.04. The van der Waals surface area contributed by atoms with Gasteiger partial charge in [-0.3, -0.25) is 0 Å². The Morgan fingerprint density at radius 3 is 2.82 bits per heavy atom. The minimum atomic E-state index is -3.89. The maximum absolute atomic E-state index is 13.7. The lowest BCUT2D eigenvalue weighted by molar-refractivity contribution is 0.0525. The number of nitrogens with zero attached hydrogens (tertiary/aromatic N) is 1. The van der Waals surface area contributed by atoms with E-state index in [9.17, 15) is 17.6 Å². The van der Waals surface area contributed by atoms with Crippen LogP contribution < -0.4 is 5.73 Å². The molecule has 2 N–H and O–H groups in total. The van der Waals surface area contributed by atoms with Crippen molar-refractivity contribution < 1.29 is 22.3 Å². The minimum Gasteiger partial charge on any atom is -0.462 e. The Hall–Kier alpha value is -1.51. The summed E-state index contributed by atoms with van der Waals surface area (Å²) in [5.41, 5.74) is 5.47. The first-order valence-electron chi connectivity index (χ1n) is 7.09. The van der Waals surface area contributed by atoms with Crippen LogP contribution in [0.1, 0.15) is 30.1 Å². The van der Waals surface area contributed by atoms with E-state index in [1.54, 1.807) is 6.92 Å². The standard InChI is InChI=1S/C14H19FN2O4S/c1-2-21-14(18)10-6-11(15)8-13(7-10)22(19,20)17-5-3-4-12(17)9-16/h6-8,12H,2-5,9,16H2,1H3. The van der Waals surface area contributed by atoms with Crippen LogP contribution in [0.25, 0.3) is 0 Å². The molecule has 1 aliphatic heterocycles. The van der Waals surface area contributed by atoms with Crippen molar-refractivity contribution in [1.82, 2.24) is 4.31 Å². The highest BCUT2D eigenvalue weighted by atomic mass is 32.2. The zero-order chi connectivity index (χ0) is 16.3. The third kappa shape index (κ3) is 3.29. The van der Waals surface area contributed by atoms with Crippen LogP contribution in [0.2, 0.25) is 0 Å². The number of benzene rings is 1. The molecule has 1 unspecified atom stereocenters. The van der Waals surface area contributed by atoms with Crippen LogP contribution in [0, 0.1) is 5.82 Å². The van der Waals surface area contributed by atoms with Crippen LogP contribution in [-0.2, 0) is 14.8 Å². The maximum atomic E-state index is 13.7. The molecule has 0 bridgehead atoms. The van der Waals surface area contributed by atoms with Gasteiger partial charge in [-0.15, -0.1) is 0 Å². The monoisotopic (exact) mass is 330 g/mol. The Bertz CT molecular complexity index is 663. The van der Waals surface area contributed by atoms with Gasteiger partial charge in [0.25, 0.3) is 0 Å². The highest BCUT2D eigenvalue weighted by molar-refractivity contribution is 7.89. The Morgan fingerprint density at radius 1 is 1.45 bits per heavy atom. The molecule has 122 valence electrons. The Kier molecular flexibility index (Phi) is 5.15. The molecule has 8 heteroatoms. The quantitative estimate of drug-likeness (QED) is 0.817. The lowest BCUT2D eigenvalue weighted by atomic mass is 10.2. The second-order valence-corrected chi connectivity index (χ2v) is 6.93. The van der Waals surface area contributed by atoms with Gasteiger partial charge in [0.1, 0.15) is 5.82 Å². The van der Waals surface area contributed by atoms with Crippen molar-refractivity contribution >= 4 is 16.0 Å². The highest BCUT2D eigenvalue weighted by Gasteiger charge is 2.35. The summed E-state index contributed by atoms with van der Waals surface area (Å²) in [7, 11) is -3.89. The summed E-state index contributed by atoms with van der Waals surface area (Å²) in [5, 5.41) is 0. The molecular weight excluding hydrogens is 311 g/mol. The lowest BCUT2D eigenvalue weighted by Crippen LogP contribution is -2.39. The molecule has 1 atom stereocenters. The molecule has 1 aliphatic rings. The van der Waals surface area contributed by atoms with Crippen LogP contribution in [0.3, 0.4) is 0 Å². The molecule has 1 saturated heterocycles. The van der Waals surface area contributed by atoms with Crippen LogP contribution >= 0.6 is 0 Å². The number of ether oxygens (including phenoxy) is 1. The van der Waals surface area contributed by atoms with Crippen molar-refractivity contribution in [3.8, 4) is 0 Å². The summed E-state index contributed by atoms with van der Waals surface area (Å²) in [6.07, 6.45) is 1.39. The molecule has 0 saturated carbocycles. The van der Waals surface area contributed by atoms with Crippen LogP contribution in [0.5, 0.6) is 0 Å². The van der Waals surface area contributed by atoms with Gasteiger partial charge in [-0.25, -0.2) is 17.6 Å². The van der Waals surface area contributed by atoms with E-state index in [1.807, 2.05) is 0 Å². The van der Waals surface area contributed by atoms with E-state index < -0.39 is 21.8 Å². The first kappa shape index (κ1) is 16.9. The third-order valence-electron chi connectivity index (χ3n) is 3.58. The van der Waals surface area contributed by atoms with E-state index in [4.69, 9.17) is 10.5 Å². The van der Waals surface area contributed by atoms with E-state index in [0.717, 1.165) is 18.2 Å². The molecule has 1 aromatic rings. The van der Waals surface area contributed by atoms with Crippen molar-refractivity contribution in [2.75, 3.05) is 19.7 Å². The Morgan fingerprint density at radius 2 is 2.18 bits per heavy atom. The second kappa shape index (κ2) is 6.72. The van der Waals surface area contributed by atoms with Gasteiger partial charge < -0.3 is 10.5 Å². The largest absolute Gasteiger partial charge is 0.462 e. The summed E-state index contributed by atoms with van der Waals surface area (Å²) in [5.74, 6) is -1.55. The molecule has 2 rings (SSSR count). The molecule has 6 nitrogen and oxygen atoms in total. The van der Waals surface area contributed by atoms with Crippen molar-refractivity contribution in [2.45, 2.75) is 30.7 Å². The van der Waals surface area contributed by atoms with Crippen molar-refractivity contribution in [3.63, 3.8) is 0 Å². The van der Waals surface area contributed by atoms with Crippen LogP contribution in [0.15, 0.2) is 23.1 Å². The molecule has 0 spiro atoms. The number of halogens is 1. The van der Waals surface area contributed by atoms with E-state index in [2.05, 4.69) is 0 Å². The summed E-state index contributed by atoms with van der Waals surface area (Å²) in [6.45, 7) is 2.29. The van der Waals surface area contributed by atoms with Crippen molar-refractivity contribution in [2.24, 2.45) is 5.73 Å². The van der Waals surface area contributed by atoms with Gasteiger partial charge >= 0.3 is 5.97 Å². The maximum Gasteiger partial charge on any atom is 0.338 e. The van der Waals surface area contributed by atoms with Gasteiger partial charge in [0.2, 0.25) is 10.0 Å². The summed E-state index contributed by atoms with van der Waals surface area (Å²) < 4.78 is 45.0. The molecule has 0 aliphatic carbocycles. The predicted molar refractivity (Wildman–Crippen MR) is 78.3 cm³/mol. The van der Waals surface area contributed by atoms with Gasteiger partial charge in [-0.1, -0.05) is 0 Å². The topological polar surface area (TPSA) is 89.7 Å². The summed E-state index contributed by atoms with van der Waals surface area (Å²) in [6, 6.07) is 2.72. The van der Waals surface area contributed by atoms with Gasteiger partial charge in [0.05, 0.1) is 17.1 Å². The van der Waals surface area contributed by atoms with Crippen LogP contribution in [0.4, 0.5) is 4.39 Å². The SMILES string of the molecule is CCOC(=O)c1cc(F)cc(S(=O)(=O)N2CCCC2CN)c1. The van der Waals surface area contributed by atoms with Gasteiger partial charge in [0.15, 0.2) is 0 Å². The van der Waals surface area contributed by atoms with Gasteiger partial charge in [-0.2, -0.15) is 4.31 Å². The lowest BCUT2D eigenvalue weighted by Gasteiger charge is -2.23. The van der Waals surface area contributed by atoms with E-state index in [0.29, 0.717) is 19.4 Å². The number of nitrogens with two attached hydrogens (primary N) is 1. The fourth-order valence-corrected chi connectivity index (χ4v) is 4.30. The molecular formula is C14H19FN2O4S. The third-order valence-corrected chi connectivity index (χ3v) is 5.51. The predicted octanol–water partition coefficient (Wildman–Crippen LogP) is 1.11. The first-order chi connectivity index (χ1) is 10.4. The first-order valence-corrected chi connectivity index (χ1v) is 8.53. The number of hydrogen-bond donors (Lipinski definition) is 1. The zero-order valence-corrected chi connectivity index (χ0v) is 13.1. The number of hydrogen-bond acceptors (Lipinski definition) is 5. The fraction of sp³-hybridized carbons (Fsp3) is 0.500.